The van der Waals surface area contributed by atoms with E-state index >= 15 is 0 Å². The van der Waals surface area contributed by atoms with Crippen molar-refractivity contribution in [2.24, 2.45) is 0 Å². The molecule has 0 aliphatic heterocycles. The van der Waals surface area contributed by atoms with Gasteiger partial charge >= 0.3 is 0 Å². The van der Waals surface area contributed by atoms with Gasteiger partial charge in [0.1, 0.15) is 5.52 Å². The van der Waals surface area contributed by atoms with Gasteiger partial charge in [-0.15, -0.1) is 0 Å². The van der Waals surface area contributed by atoms with Gasteiger partial charge in [-0.1, -0.05) is 60.7 Å². The van der Waals surface area contributed by atoms with E-state index in [2.05, 4.69) is 10.3 Å². The zero-order valence-electron chi connectivity index (χ0n) is 15.1. The van der Waals surface area contributed by atoms with Crippen LogP contribution in [0.4, 0.5) is 0 Å². The predicted octanol–water partition coefficient (Wildman–Crippen LogP) is 4.91. The number of nitrogens with zero attached hydrogens (tertiary/aromatic N) is 1. The summed E-state index contributed by atoms with van der Waals surface area (Å²) in [6, 6.07) is 25.2. The Bertz CT molecular complexity index is 1060. The molecule has 0 bridgehead atoms. The number of nitrogens with one attached hydrogen (secondary N) is 1. The fourth-order valence-electron chi connectivity index (χ4n) is 3.06. The van der Waals surface area contributed by atoms with Crippen molar-refractivity contribution in [1.82, 2.24) is 10.3 Å². The van der Waals surface area contributed by atoms with E-state index in [1.54, 1.807) is 12.1 Å². The van der Waals surface area contributed by atoms with Crippen molar-refractivity contribution in [3.8, 4) is 0 Å². The van der Waals surface area contributed by atoms with E-state index in [0.29, 0.717) is 23.5 Å². The third-order valence-corrected chi connectivity index (χ3v) is 4.54. The molecule has 0 aliphatic rings. The summed E-state index contributed by atoms with van der Waals surface area (Å²) in [4.78, 5) is 17.1. The summed E-state index contributed by atoms with van der Waals surface area (Å²) in [5.74, 6) is 0.515. The highest BCUT2D eigenvalue weighted by molar-refractivity contribution is 5.97. The Morgan fingerprint density at radius 3 is 2.44 bits per heavy atom. The zero-order chi connectivity index (χ0) is 18.6. The van der Waals surface area contributed by atoms with Gasteiger partial charge in [0, 0.05) is 12.0 Å². The van der Waals surface area contributed by atoms with Gasteiger partial charge in [-0.2, -0.15) is 0 Å². The van der Waals surface area contributed by atoms with Crippen LogP contribution in [0.15, 0.2) is 83.3 Å². The first-order chi connectivity index (χ1) is 13.2. The van der Waals surface area contributed by atoms with Crippen LogP contribution in [-0.2, 0) is 6.42 Å². The van der Waals surface area contributed by atoms with Gasteiger partial charge in [0.15, 0.2) is 11.5 Å². The molecule has 0 radical (unpaired) electrons. The SMILES string of the molecule is C[C@H](NC(=O)c1ccc2nc(Cc3ccccc3)oc2c1)c1ccccc1. The molecule has 1 atom stereocenters. The number of aromatic nitrogens is 1. The van der Waals surface area contributed by atoms with Crippen molar-refractivity contribution in [1.29, 1.82) is 0 Å². The number of hydrogen-bond acceptors (Lipinski definition) is 3. The van der Waals surface area contributed by atoms with Crippen LogP contribution < -0.4 is 5.32 Å². The summed E-state index contributed by atoms with van der Waals surface area (Å²) in [7, 11) is 0. The van der Waals surface area contributed by atoms with Crippen molar-refractivity contribution in [2.45, 2.75) is 19.4 Å². The Morgan fingerprint density at radius 2 is 1.70 bits per heavy atom. The lowest BCUT2D eigenvalue weighted by molar-refractivity contribution is 0.0940. The van der Waals surface area contributed by atoms with Crippen molar-refractivity contribution in [3.63, 3.8) is 0 Å². The monoisotopic (exact) mass is 356 g/mol. The van der Waals surface area contributed by atoms with E-state index in [0.717, 1.165) is 16.6 Å². The third-order valence-electron chi connectivity index (χ3n) is 4.54. The van der Waals surface area contributed by atoms with Crippen LogP contribution in [0.25, 0.3) is 11.1 Å². The molecule has 4 aromatic rings. The van der Waals surface area contributed by atoms with E-state index in [9.17, 15) is 4.79 Å². The molecule has 4 heteroatoms. The Kier molecular flexibility index (Phi) is 4.71. The fourth-order valence-corrected chi connectivity index (χ4v) is 3.06. The van der Waals surface area contributed by atoms with Crippen LogP contribution in [-0.4, -0.2) is 10.9 Å². The molecule has 27 heavy (non-hydrogen) atoms. The number of hydrogen-bond donors (Lipinski definition) is 1. The largest absolute Gasteiger partial charge is 0.440 e. The van der Waals surface area contributed by atoms with E-state index in [1.807, 2.05) is 73.7 Å². The minimum Gasteiger partial charge on any atom is -0.440 e. The minimum atomic E-state index is -0.130. The molecular weight excluding hydrogens is 336 g/mol. The first-order valence-electron chi connectivity index (χ1n) is 8.98. The van der Waals surface area contributed by atoms with Crippen molar-refractivity contribution in [2.75, 3.05) is 0 Å². The summed E-state index contributed by atoms with van der Waals surface area (Å²) >= 11 is 0. The molecule has 1 amide bonds. The molecule has 0 aliphatic carbocycles. The molecule has 3 aromatic carbocycles. The normalized spacial score (nSPS) is 12.0. The molecule has 4 nitrogen and oxygen atoms in total. The zero-order valence-corrected chi connectivity index (χ0v) is 15.1. The van der Waals surface area contributed by atoms with Gasteiger partial charge in [0.05, 0.1) is 6.04 Å². The molecular formula is C23H20N2O2. The van der Waals surface area contributed by atoms with Crippen molar-refractivity contribution >= 4 is 17.0 Å². The number of amides is 1. The molecule has 0 unspecified atom stereocenters. The van der Waals surface area contributed by atoms with Crippen LogP contribution in [0.5, 0.6) is 0 Å². The maximum Gasteiger partial charge on any atom is 0.251 e. The highest BCUT2D eigenvalue weighted by Gasteiger charge is 2.14. The van der Waals surface area contributed by atoms with E-state index < -0.39 is 0 Å². The lowest BCUT2D eigenvalue weighted by Crippen LogP contribution is -2.26. The first kappa shape index (κ1) is 17.0. The van der Waals surface area contributed by atoms with Gasteiger partial charge in [0.2, 0.25) is 0 Å². The third kappa shape index (κ3) is 3.90. The van der Waals surface area contributed by atoms with Crippen molar-refractivity contribution in [3.05, 3.63) is 101 Å². The summed E-state index contributed by atoms with van der Waals surface area (Å²) in [6.07, 6.45) is 0.627. The molecule has 1 heterocycles. The molecule has 0 spiro atoms. The summed E-state index contributed by atoms with van der Waals surface area (Å²) < 4.78 is 5.86. The van der Waals surface area contributed by atoms with Crippen LogP contribution in [0.3, 0.4) is 0 Å². The maximum absolute atomic E-state index is 12.6. The molecule has 0 saturated heterocycles. The van der Waals surface area contributed by atoms with E-state index in [4.69, 9.17) is 4.42 Å². The molecule has 0 saturated carbocycles. The second kappa shape index (κ2) is 7.46. The molecule has 134 valence electrons. The first-order valence-corrected chi connectivity index (χ1v) is 8.98. The Hall–Kier alpha value is -3.40. The average Bonchev–Trinajstić information content (AvgIpc) is 3.10. The lowest BCUT2D eigenvalue weighted by atomic mass is 10.1. The van der Waals surface area contributed by atoms with Gasteiger partial charge in [0.25, 0.3) is 5.91 Å². The van der Waals surface area contributed by atoms with Crippen LogP contribution >= 0.6 is 0 Å². The Morgan fingerprint density at radius 1 is 1.00 bits per heavy atom. The number of rotatable bonds is 5. The smallest absolute Gasteiger partial charge is 0.251 e. The van der Waals surface area contributed by atoms with Crippen molar-refractivity contribution < 1.29 is 9.21 Å². The quantitative estimate of drug-likeness (QED) is 0.553. The lowest BCUT2D eigenvalue weighted by Gasteiger charge is -2.14. The molecule has 1 N–H and O–H groups in total. The fraction of sp³-hybridized carbons (Fsp3) is 0.130. The maximum atomic E-state index is 12.6. The minimum absolute atomic E-state index is 0.0715. The average molecular weight is 356 g/mol. The molecule has 0 fully saturated rings. The highest BCUT2D eigenvalue weighted by Crippen LogP contribution is 2.20. The highest BCUT2D eigenvalue weighted by atomic mass is 16.3. The number of carbonyl (C=O) groups excluding carboxylic acids is 1. The molecule has 1 aromatic heterocycles. The number of oxazole rings is 1. The second-order valence-corrected chi connectivity index (χ2v) is 6.56. The summed E-state index contributed by atoms with van der Waals surface area (Å²) in [6.45, 7) is 1.97. The standard InChI is InChI=1S/C23H20N2O2/c1-16(18-10-6-3-7-11-18)24-23(26)19-12-13-20-21(15-19)27-22(25-20)14-17-8-4-2-5-9-17/h2-13,15-16H,14H2,1H3,(H,24,26)/t16-/m0/s1. The van der Waals surface area contributed by atoms with Crippen LogP contribution in [0, 0.1) is 0 Å². The molecule has 4 rings (SSSR count). The second-order valence-electron chi connectivity index (χ2n) is 6.56. The Balaban J connectivity index is 1.51. The van der Waals surface area contributed by atoms with Gasteiger partial charge in [-0.3, -0.25) is 4.79 Å². The Labute approximate surface area is 157 Å². The van der Waals surface area contributed by atoms with Gasteiger partial charge < -0.3 is 9.73 Å². The predicted molar refractivity (Wildman–Crippen MR) is 106 cm³/mol. The van der Waals surface area contributed by atoms with Gasteiger partial charge in [-0.25, -0.2) is 4.98 Å². The summed E-state index contributed by atoms with van der Waals surface area (Å²) in [5, 5.41) is 3.02. The topological polar surface area (TPSA) is 55.1 Å². The van der Waals surface area contributed by atoms with Crippen LogP contribution in [0.1, 0.15) is 40.3 Å². The number of fused-ring (bicyclic) bond motifs is 1. The van der Waals surface area contributed by atoms with Crippen LogP contribution in [0.2, 0.25) is 0 Å². The van der Waals surface area contributed by atoms with Gasteiger partial charge in [-0.05, 0) is 36.2 Å². The number of benzene rings is 3. The van der Waals surface area contributed by atoms with E-state index in [-0.39, 0.29) is 11.9 Å². The number of carbonyl (C=O) groups is 1. The van der Waals surface area contributed by atoms with E-state index in [1.165, 1.54) is 0 Å². The summed E-state index contributed by atoms with van der Waals surface area (Å²) in [5.41, 5.74) is 4.15.